The zero-order chi connectivity index (χ0) is 22.6. The first-order valence-electron chi connectivity index (χ1n) is 8.80. The predicted molar refractivity (Wildman–Crippen MR) is 113 cm³/mol. The van der Waals surface area contributed by atoms with E-state index in [1.54, 1.807) is 6.07 Å². The highest BCUT2D eigenvalue weighted by Crippen LogP contribution is 2.30. The number of benzene rings is 3. The topological polar surface area (TPSA) is 76.4 Å². The van der Waals surface area contributed by atoms with Crippen LogP contribution in [0.5, 0.6) is 5.75 Å². The van der Waals surface area contributed by atoms with Crippen LogP contribution >= 0.6 is 12.2 Å². The molecule has 3 aromatic carbocycles. The Kier molecular flexibility index (Phi) is 6.54. The molecule has 162 valence electrons. The van der Waals surface area contributed by atoms with Crippen LogP contribution in [-0.4, -0.2) is 29.0 Å². The van der Waals surface area contributed by atoms with Crippen LogP contribution in [-0.2, 0) is 0 Å². The number of nitrogens with one attached hydrogen (secondary N) is 2. The number of nitro benzene ring substituents is 1. The Morgan fingerprint density at radius 2 is 1.81 bits per heavy atom. The summed E-state index contributed by atoms with van der Waals surface area (Å²) in [6.07, 6.45) is -3.93. The van der Waals surface area contributed by atoms with Gasteiger partial charge in [0.1, 0.15) is 5.75 Å². The molecule has 0 spiro atoms. The summed E-state index contributed by atoms with van der Waals surface area (Å²) in [5.74, 6) is -4.78. The number of nitro groups is 1. The van der Waals surface area contributed by atoms with Crippen molar-refractivity contribution in [3.8, 4) is 5.75 Å². The maximum absolute atomic E-state index is 13.1. The molecule has 3 aromatic rings. The van der Waals surface area contributed by atoms with Crippen LogP contribution in [0.2, 0.25) is 0 Å². The minimum atomic E-state index is -4.40. The minimum absolute atomic E-state index is 0.0577. The molecule has 0 bridgehead atoms. The van der Waals surface area contributed by atoms with E-state index in [9.17, 15) is 27.7 Å². The summed E-state index contributed by atoms with van der Waals surface area (Å²) in [5, 5.41) is 18.7. The molecule has 0 aliphatic heterocycles. The number of halogens is 4. The number of fused-ring (bicyclic) bond motifs is 1. The number of anilines is 2. The summed E-state index contributed by atoms with van der Waals surface area (Å²) in [4.78, 5) is 10.4. The van der Waals surface area contributed by atoms with Gasteiger partial charge in [-0.1, -0.05) is 36.4 Å². The van der Waals surface area contributed by atoms with Crippen molar-refractivity contribution < 1.29 is 27.2 Å². The van der Waals surface area contributed by atoms with Gasteiger partial charge in [-0.25, -0.2) is 8.78 Å². The SMILES string of the molecule is O=[N+]([O-])c1cc(NC(=S)Nc2cccc3ccccc23)cc(OCC(F)(F)C(F)F)c1. The fourth-order valence-electron chi connectivity index (χ4n) is 2.71. The van der Waals surface area contributed by atoms with Gasteiger partial charge in [0.2, 0.25) is 0 Å². The Morgan fingerprint density at radius 1 is 1.10 bits per heavy atom. The summed E-state index contributed by atoms with van der Waals surface area (Å²) < 4.78 is 55.5. The molecule has 6 nitrogen and oxygen atoms in total. The van der Waals surface area contributed by atoms with Crippen molar-refractivity contribution in [3.05, 3.63) is 70.8 Å². The molecule has 0 aromatic heterocycles. The van der Waals surface area contributed by atoms with Crippen molar-refractivity contribution in [2.24, 2.45) is 0 Å². The molecule has 0 unspecified atom stereocenters. The molecule has 0 saturated carbocycles. The van der Waals surface area contributed by atoms with Gasteiger partial charge in [0.05, 0.1) is 16.7 Å². The maximum Gasteiger partial charge on any atom is 0.340 e. The van der Waals surface area contributed by atoms with Crippen LogP contribution in [0.1, 0.15) is 0 Å². The lowest BCUT2D eigenvalue weighted by Gasteiger charge is -2.17. The highest BCUT2D eigenvalue weighted by atomic mass is 32.1. The molecule has 31 heavy (non-hydrogen) atoms. The van der Waals surface area contributed by atoms with Crippen molar-refractivity contribution in [3.63, 3.8) is 0 Å². The highest BCUT2D eigenvalue weighted by Gasteiger charge is 2.41. The zero-order valence-electron chi connectivity index (χ0n) is 15.7. The van der Waals surface area contributed by atoms with Crippen LogP contribution < -0.4 is 15.4 Å². The number of non-ortho nitro benzene ring substituents is 1. The quantitative estimate of drug-likeness (QED) is 0.203. The molecule has 0 fully saturated rings. The van der Waals surface area contributed by atoms with Gasteiger partial charge in [-0.2, -0.15) is 8.78 Å². The fraction of sp³-hybridized carbons (Fsp3) is 0.150. The number of hydrogen-bond acceptors (Lipinski definition) is 4. The third-order valence-corrected chi connectivity index (χ3v) is 4.35. The van der Waals surface area contributed by atoms with E-state index in [1.807, 2.05) is 36.4 Å². The van der Waals surface area contributed by atoms with Gasteiger partial charge in [-0.3, -0.25) is 10.1 Å². The molecule has 0 heterocycles. The van der Waals surface area contributed by atoms with Gasteiger partial charge in [-0.05, 0) is 23.7 Å². The highest BCUT2D eigenvalue weighted by molar-refractivity contribution is 7.80. The average Bonchev–Trinajstić information content (AvgIpc) is 2.72. The second-order valence-electron chi connectivity index (χ2n) is 6.43. The molecule has 0 atom stereocenters. The van der Waals surface area contributed by atoms with Gasteiger partial charge < -0.3 is 15.4 Å². The van der Waals surface area contributed by atoms with Crippen molar-refractivity contribution in [2.75, 3.05) is 17.2 Å². The second-order valence-corrected chi connectivity index (χ2v) is 6.84. The van der Waals surface area contributed by atoms with Crippen LogP contribution in [0.4, 0.5) is 34.6 Å². The third-order valence-electron chi connectivity index (χ3n) is 4.15. The first-order valence-corrected chi connectivity index (χ1v) is 9.20. The molecule has 0 saturated heterocycles. The molecule has 0 aliphatic rings. The summed E-state index contributed by atoms with van der Waals surface area (Å²) in [6, 6.07) is 16.1. The number of nitrogens with zero attached hydrogens (tertiary/aromatic N) is 1. The van der Waals surface area contributed by atoms with E-state index in [4.69, 9.17) is 12.2 Å². The largest absolute Gasteiger partial charge is 0.487 e. The summed E-state index contributed by atoms with van der Waals surface area (Å²) in [7, 11) is 0. The second kappa shape index (κ2) is 9.13. The van der Waals surface area contributed by atoms with Gasteiger partial charge in [0.15, 0.2) is 11.7 Å². The van der Waals surface area contributed by atoms with E-state index >= 15 is 0 Å². The van der Waals surface area contributed by atoms with Crippen LogP contribution in [0.3, 0.4) is 0 Å². The van der Waals surface area contributed by atoms with Crippen molar-refractivity contribution in [1.29, 1.82) is 0 Å². The molecule has 0 amide bonds. The Balaban J connectivity index is 1.79. The molecule has 3 rings (SSSR count). The van der Waals surface area contributed by atoms with Crippen LogP contribution in [0.15, 0.2) is 60.7 Å². The summed E-state index contributed by atoms with van der Waals surface area (Å²) in [6.45, 7) is -1.63. The van der Waals surface area contributed by atoms with Gasteiger partial charge in [0, 0.05) is 23.2 Å². The zero-order valence-corrected chi connectivity index (χ0v) is 16.5. The number of ether oxygens (including phenoxy) is 1. The molecular weight excluding hydrogens is 438 g/mol. The Labute approximate surface area is 179 Å². The Bertz CT molecular complexity index is 1120. The van der Waals surface area contributed by atoms with Crippen molar-refractivity contribution in [2.45, 2.75) is 12.3 Å². The Hall–Kier alpha value is -3.47. The number of rotatable bonds is 7. The third kappa shape index (κ3) is 5.57. The van der Waals surface area contributed by atoms with E-state index in [1.165, 1.54) is 0 Å². The predicted octanol–water partition coefficient (Wildman–Crippen LogP) is 5.84. The number of hydrogen-bond donors (Lipinski definition) is 2. The van der Waals surface area contributed by atoms with Crippen molar-refractivity contribution in [1.82, 2.24) is 0 Å². The fourth-order valence-corrected chi connectivity index (χ4v) is 2.93. The first-order chi connectivity index (χ1) is 14.7. The van der Waals surface area contributed by atoms with Crippen LogP contribution in [0, 0.1) is 10.1 Å². The molecule has 0 aliphatic carbocycles. The lowest BCUT2D eigenvalue weighted by Crippen LogP contribution is -2.33. The van der Waals surface area contributed by atoms with Gasteiger partial charge in [0.25, 0.3) is 5.69 Å². The number of alkyl halides is 4. The summed E-state index contributed by atoms with van der Waals surface area (Å²) >= 11 is 5.24. The maximum atomic E-state index is 13.1. The minimum Gasteiger partial charge on any atom is -0.487 e. The van der Waals surface area contributed by atoms with Gasteiger partial charge in [-0.15, -0.1) is 0 Å². The standard InChI is InChI=1S/C20H15F4N3O3S/c21-18(22)20(23,24)11-30-15-9-13(8-14(10-15)27(28)29)25-19(31)26-17-7-3-5-12-4-1-2-6-16(12)17/h1-10,18H,11H2,(H2,25,26,31). The molecule has 11 heteroatoms. The van der Waals surface area contributed by atoms with E-state index in [0.717, 1.165) is 29.0 Å². The van der Waals surface area contributed by atoms with Crippen LogP contribution in [0.25, 0.3) is 10.8 Å². The lowest BCUT2D eigenvalue weighted by atomic mass is 10.1. The molecular formula is C20H15F4N3O3S. The summed E-state index contributed by atoms with van der Waals surface area (Å²) in [5.41, 5.74) is 0.240. The first kappa shape index (κ1) is 22.2. The van der Waals surface area contributed by atoms with E-state index in [0.29, 0.717) is 5.69 Å². The normalized spacial score (nSPS) is 11.4. The van der Waals surface area contributed by atoms with E-state index in [-0.39, 0.29) is 16.5 Å². The Morgan fingerprint density at radius 3 is 2.52 bits per heavy atom. The molecule has 2 N–H and O–H groups in total. The smallest absolute Gasteiger partial charge is 0.340 e. The lowest BCUT2D eigenvalue weighted by molar-refractivity contribution is -0.384. The van der Waals surface area contributed by atoms with E-state index in [2.05, 4.69) is 15.4 Å². The monoisotopic (exact) mass is 453 g/mol. The number of thiocarbonyl (C=S) groups is 1. The molecule has 0 radical (unpaired) electrons. The van der Waals surface area contributed by atoms with E-state index < -0.39 is 29.6 Å². The average molecular weight is 453 g/mol. The van der Waals surface area contributed by atoms with Crippen molar-refractivity contribution >= 4 is 45.2 Å². The van der Waals surface area contributed by atoms with Gasteiger partial charge >= 0.3 is 12.3 Å².